The molecular weight excluding hydrogens is 186 g/mol. The van der Waals surface area contributed by atoms with Crippen molar-refractivity contribution in [2.75, 3.05) is 0 Å². The van der Waals surface area contributed by atoms with E-state index in [1.165, 1.54) is 6.07 Å². The molecule has 0 spiro atoms. The van der Waals surface area contributed by atoms with Gasteiger partial charge in [-0.05, 0) is 11.4 Å². The Kier molecular flexibility index (Phi) is 2.42. The highest BCUT2D eigenvalue weighted by atomic mass is 32.1. The Hall–Kier alpha value is -0.970. The molecule has 5 heteroatoms. The fourth-order valence-electron chi connectivity index (χ4n) is 0.608. The van der Waals surface area contributed by atoms with Crippen LogP contribution < -0.4 is 0 Å². The molecule has 0 saturated carbocycles. The van der Waals surface area contributed by atoms with Crippen molar-refractivity contribution in [2.24, 2.45) is 0 Å². The van der Waals surface area contributed by atoms with Crippen LogP contribution in [-0.4, -0.2) is 12.1 Å². The summed E-state index contributed by atoms with van der Waals surface area (Å²) in [6.45, 7) is 0.526. The SMILES string of the molecule is CC(F)(F)OC(=O)c1cccs1. The number of hydrogen-bond donors (Lipinski definition) is 0. The lowest BCUT2D eigenvalue weighted by molar-refractivity contribution is -0.184. The van der Waals surface area contributed by atoms with Crippen LogP contribution >= 0.6 is 11.3 Å². The summed E-state index contributed by atoms with van der Waals surface area (Å²) in [7, 11) is 0. The van der Waals surface area contributed by atoms with Crippen molar-refractivity contribution in [1.29, 1.82) is 0 Å². The van der Waals surface area contributed by atoms with Crippen molar-refractivity contribution in [1.82, 2.24) is 0 Å². The monoisotopic (exact) mass is 192 g/mol. The van der Waals surface area contributed by atoms with Gasteiger partial charge in [-0.3, -0.25) is 0 Å². The molecule has 0 N–H and O–H groups in total. The molecule has 0 aliphatic carbocycles. The van der Waals surface area contributed by atoms with Gasteiger partial charge in [-0.15, -0.1) is 11.3 Å². The van der Waals surface area contributed by atoms with E-state index in [0.29, 0.717) is 6.92 Å². The summed E-state index contributed by atoms with van der Waals surface area (Å²) in [5, 5.41) is 1.62. The lowest BCUT2D eigenvalue weighted by Crippen LogP contribution is -2.20. The fraction of sp³-hybridized carbons (Fsp3) is 0.286. The first-order valence-corrected chi connectivity index (χ1v) is 4.02. The highest BCUT2D eigenvalue weighted by Gasteiger charge is 2.27. The van der Waals surface area contributed by atoms with Crippen LogP contribution in [0.25, 0.3) is 0 Å². The number of rotatable bonds is 2. The molecule has 1 rings (SSSR count). The summed E-state index contributed by atoms with van der Waals surface area (Å²) in [5.74, 6) is -0.988. The van der Waals surface area contributed by atoms with E-state index in [1.54, 1.807) is 11.4 Å². The zero-order valence-electron chi connectivity index (χ0n) is 6.21. The number of alkyl halides is 2. The van der Waals surface area contributed by atoms with Crippen LogP contribution in [0.5, 0.6) is 0 Å². The van der Waals surface area contributed by atoms with Gasteiger partial charge in [0.05, 0.1) is 0 Å². The third-order valence-electron chi connectivity index (χ3n) is 0.994. The predicted octanol–water partition coefficient (Wildman–Crippen LogP) is 2.52. The zero-order chi connectivity index (χ0) is 9.19. The minimum absolute atomic E-state index is 0.177. The number of esters is 1. The third kappa shape index (κ3) is 2.58. The first kappa shape index (κ1) is 9.12. The number of hydrogen-bond acceptors (Lipinski definition) is 3. The molecule has 2 nitrogen and oxygen atoms in total. The maximum Gasteiger partial charge on any atom is 0.397 e. The van der Waals surface area contributed by atoms with Crippen LogP contribution in [0.4, 0.5) is 8.78 Å². The molecule has 0 amide bonds. The maximum atomic E-state index is 12.1. The van der Waals surface area contributed by atoms with Gasteiger partial charge in [0.1, 0.15) is 4.88 Å². The van der Waals surface area contributed by atoms with E-state index in [1.807, 2.05) is 0 Å². The smallest absolute Gasteiger partial charge is 0.397 e. The van der Waals surface area contributed by atoms with Crippen molar-refractivity contribution in [2.45, 2.75) is 13.0 Å². The van der Waals surface area contributed by atoms with Gasteiger partial charge in [0.15, 0.2) is 0 Å². The van der Waals surface area contributed by atoms with Gasteiger partial charge in [-0.1, -0.05) is 6.07 Å². The quantitative estimate of drug-likeness (QED) is 0.673. The molecule has 66 valence electrons. The van der Waals surface area contributed by atoms with E-state index in [2.05, 4.69) is 4.74 Å². The molecule has 0 aliphatic heterocycles. The number of carbonyl (C=O) groups is 1. The van der Waals surface area contributed by atoms with Crippen LogP contribution in [0.3, 0.4) is 0 Å². The van der Waals surface area contributed by atoms with E-state index in [9.17, 15) is 13.6 Å². The molecule has 0 saturated heterocycles. The van der Waals surface area contributed by atoms with Crippen LogP contribution in [0, 0.1) is 0 Å². The lowest BCUT2D eigenvalue weighted by atomic mass is 10.5. The third-order valence-corrected chi connectivity index (χ3v) is 1.84. The standard InChI is InChI=1S/C7H6F2O2S/c1-7(8,9)11-6(10)5-3-2-4-12-5/h2-4H,1H3. The number of thiophene rings is 1. The number of halogens is 2. The number of carbonyl (C=O) groups excluding carboxylic acids is 1. The van der Waals surface area contributed by atoms with Crippen molar-refractivity contribution < 1.29 is 18.3 Å². The average Bonchev–Trinajstić information content (AvgIpc) is 2.32. The summed E-state index contributed by atoms with van der Waals surface area (Å²) in [6.07, 6.45) is -3.40. The fourth-order valence-corrected chi connectivity index (χ4v) is 1.21. The predicted molar refractivity (Wildman–Crippen MR) is 40.4 cm³/mol. The molecule has 1 heterocycles. The average molecular weight is 192 g/mol. The Morgan fingerprint density at radius 1 is 1.67 bits per heavy atom. The second-order valence-corrected chi connectivity index (χ2v) is 3.12. The van der Waals surface area contributed by atoms with Crippen LogP contribution in [0.15, 0.2) is 17.5 Å². The van der Waals surface area contributed by atoms with Crippen molar-refractivity contribution in [3.8, 4) is 0 Å². The highest BCUT2D eigenvalue weighted by Crippen LogP contribution is 2.18. The van der Waals surface area contributed by atoms with E-state index < -0.39 is 12.1 Å². The zero-order valence-corrected chi connectivity index (χ0v) is 7.03. The summed E-state index contributed by atoms with van der Waals surface area (Å²) in [6, 6.07) is 3.02. The van der Waals surface area contributed by atoms with Crippen molar-refractivity contribution in [3.63, 3.8) is 0 Å². The summed E-state index contributed by atoms with van der Waals surface area (Å²) >= 11 is 1.06. The number of ether oxygens (including phenoxy) is 1. The van der Waals surface area contributed by atoms with Crippen LogP contribution in [0.1, 0.15) is 16.6 Å². The van der Waals surface area contributed by atoms with Gasteiger partial charge in [-0.2, -0.15) is 8.78 Å². The van der Waals surface area contributed by atoms with Crippen molar-refractivity contribution >= 4 is 17.3 Å². The van der Waals surface area contributed by atoms with E-state index in [4.69, 9.17) is 0 Å². The second-order valence-electron chi connectivity index (χ2n) is 2.17. The van der Waals surface area contributed by atoms with E-state index in [0.717, 1.165) is 11.3 Å². The first-order chi connectivity index (χ1) is 5.49. The summed E-state index contributed by atoms with van der Waals surface area (Å²) in [4.78, 5) is 11.0. The molecule has 0 aliphatic rings. The largest absolute Gasteiger partial charge is 0.397 e. The Balaban J connectivity index is 2.63. The van der Waals surface area contributed by atoms with Crippen LogP contribution in [-0.2, 0) is 4.74 Å². The minimum atomic E-state index is -3.40. The maximum absolute atomic E-state index is 12.1. The Morgan fingerprint density at radius 3 is 2.75 bits per heavy atom. The van der Waals surface area contributed by atoms with Crippen molar-refractivity contribution in [3.05, 3.63) is 22.4 Å². The molecule has 0 aromatic carbocycles. The van der Waals surface area contributed by atoms with Gasteiger partial charge < -0.3 is 4.74 Å². The first-order valence-electron chi connectivity index (χ1n) is 3.14. The summed E-state index contributed by atoms with van der Waals surface area (Å²) < 4.78 is 28.1. The van der Waals surface area contributed by atoms with Gasteiger partial charge in [0, 0.05) is 6.92 Å². The molecule has 0 radical (unpaired) electrons. The molecule has 0 fully saturated rings. The van der Waals surface area contributed by atoms with E-state index >= 15 is 0 Å². The molecule has 1 aromatic rings. The Bertz CT molecular complexity index is 263. The lowest BCUT2D eigenvalue weighted by Gasteiger charge is -2.09. The molecule has 0 unspecified atom stereocenters. The highest BCUT2D eigenvalue weighted by molar-refractivity contribution is 7.11. The van der Waals surface area contributed by atoms with Gasteiger partial charge in [0.25, 0.3) is 0 Å². The van der Waals surface area contributed by atoms with Gasteiger partial charge in [-0.25, -0.2) is 4.79 Å². The minimum Gasteiger partial charge on any atom is -0.397 e. The molecule has 12 heavy (non-hydrogen) atoms. The Morgan fingerprint density at radius 2 is 2.33 bits per heavy atom. The topological polar surface area (TPSA) is 26.3 Å². The van der Waals surface area contributed by atoms with E-state index in [-0.39, 0.29) is 4.88 Å². The molecule has 0 atom stereocenters. The summed E-state index contributed by atoms with van der Waals surface area (Å²) in [5.41, 5.74) is 0. The van der Waals surface area contributed by atoms with Gasteiger partial charge >= 0.3 is 12.1 Å². The molecule has 0 bridgehead atoms. The molecular formula is C7H6F2O2S. The van der Waals surface area contributed by atoms with Gasteiger partial charge in [0.2, 0.25) is 0 Å². The van der Waals surface area contributed by atoms with Crippen LogP contribution in [0.2, 0.25) is 0 Å². The Labute approximate surface area is 71.8 Å². The molecule has 1 aromatic heterocycles. The second kappa shape index (κ2) is 3.18. The normalized spacial score (nSPS) is 11.2.